The van der Waals surface area contributed by atoms with Crippen LogP contribution < -0.4 is 10.1 Å². The molecule has 2 aliphatic rings. The van der Waals surface area contributed by atoms with Crippen LogP contribution >= 0.6 is 0 Å². The number of carbonyl (C=O) groups excluding carboxylic acids is 1. The lowest BCUT2D eigenvalue weighted by molar-refractivity contribution is -0.131. The third kappa shape index (κ3) is 3.54. The maximum atomic E-state index is 12.4. The molecule has 0 spiro atoms. The van der Waals surface area contributed by atoms with E-state index in [-0.39, 0.29) is 11.9 Å². The fourth-order valence-electron chi connectivity index (χ4n) is 3.38. The van der Waals surface area contributed by atoms with Gasteiger partial charge < -0.3 is 15.0 Å². The summed E-state index contributed by atoms with van der Waals surface area (Å²) in [6, 6.07) is 6.25. The maximum Gasteiger partial charge on any atom is 0.224 e. The van der Waals surface area contributed by atoms with Crippen LogP contribution in [0.2, 0.25) is 0 Å². The summed E-state index contributed by atoms with van der Waals surface area (Å²) in [5, 5.41) is 3.50. The SMILES string of the molecule is C[C@@H](CC(=O)N1CCCCCC1)Nc1cccc2c1CCO2. The lowest BCUT2D eigenvalue weighted by Crippen LogP contribution is -2.35. The van der Waals surface area contributed by atoms with Crippen LogP contribution in [0.25, 0.3) is 0 Å². The highest BCUT2D eigenvalue weighted by Crippen LogP contribution is 2.32. The first-order chi connectivity index (χ1) is 10.7. The lowest BCUT2D eigenvalue weighted by Gasteiger charge is -2.23. The summed E-state index contributed by atoms with van der Waals surface area (Å²) in [5.41, 5.74) is 2.36. The molecule has 120 valence electrons. The highest BCUT2D eigenvalue weighted by atomic mass is 16.5. The summed E-state index contributed by atoms with van der Waals surface area (Å²) in [7, 11) is 0. The predicted molar refractivity (Wildman–Crippen MR) is 88.4 cm³/mol. The van der Waals surface area contributed by atoms with Crippen molar-refractivity contribution in [1.82, 2.24) is 4.90 Å². The Balaban J connectivity index is 1.57. The molecule has 0 aliphatic carbocycles. The molecule has 4 heteroatoms. The van der Waals surface area contributed by atoms with Crippen molar-refractivity contribution in [2.75, 3.05) is 25.0 Å². The molecule has 4 nitrogen and oxygen atoms in total. The van der Waals surface area contributed by atoms with Crippen LogP contribution in [0.5, 0.6) is 5.75 Å². The van der Waals surface area contributed by atoms with Crippen molar-refractivity contribution >= 4 is 11.6 Å². The van der Waals surface area contributed by atoms with Crippen molar-refractivity contribution in [2.45, 2.75) is 51.5 Å². The number of rotatable bonds is 4. The second kappa shape index (κ2) is 7.03. The molecule has 1 saturated heterocycles. The van der Waals surface area contributed by atoms with Gasteiger partial charge in [0, 0.05) is 43.2 Å². The number of ether oxygens (including phenoxy) is 1. The van der Waals surface area contributed by atoms with Crippen LogP contribution in [0, 0.1) is 0 Å². The molecule has 1 aromatic rings. The van der Waals surface area contributed by atoms with Crippen molar-refractivity contribution in [3.8, 4) is 5.75 Å². The Morgan fingerprint density at radius 2 is 2.05 bits per heavy atom. The molecule has 2 heterocycles. The van der Waals surface area contributed by atoms with Crippen molar-refractivity contribution < 1.29 is 9.53 Å². The van der Waals surface area contributed by atoms with Crippen LogP contribution in [0.3, 0.4) is 0 Å². The summed E-state index contributed by atoms with van der Waals surface area (Å²) >= 11 is 0. The second-order valence-corrected chi connectivity index (χ2v) is 6.43. The summed E-state index contributed by atoms with van der Waals surface area (Å²) < 4.78 is 5.60. The Morgan fingerprint density at radius 1 is 1.27 bits per heavy atom. The molecular formula is C18H26N2O2. The summed E-state index contributed by atoms with van der Waals surface area (Å²) in [5.74, 6) is 1.27. The Hall–Kier alpha value is -1.71. The fourth-order valence-corrected chi connectivity index (χ4v) is 3.38. The van der Waals surface area contributed by atoms with E-state index in [2.05, 4.69) is 18.3 Å². The van der Waals surface area contributed by atoms with Gasteiger partial charge in [0.25, 0.3) is 0 Å². The van der Waals surface area contributed by atoms with Gasteiger partial charge in [0.15, 0.2) is 0 Å². The minimum atomic E-state index is 0.142. The Morgan fingerprint density at radius 3 is 2.82 bits per heavy atom. The van der Waals surface area contributed by atoms with Gasteiger partial charge in [-0.25, -0.2) is 0 Å². The van der Waals surface area contributed by atoms with Gasteiger partial charge in [-0.2, -0.15) is 0 Å². The van der Waals surface area contributed by atoms with E-state index in [0.717, 1.165) is 50.4 Å². The Bertz CT molecular complexity index is 522. The smallest absolute Gasteiger partial charge is 0.224 e. The first kappa shape index (κ1) is 15.2. The molecule has 22 heavy (non-hydrogen) atoms. The largest absolute Gasteiger partial charge is 0.493 e. The first-order valence-corrected chi connectivity index (χ1v) is 8.53. The van der Waals surface area contributed by atoms with Crippen LogP contribution in [0.4, 0.5) is 5.69 Å². The number of carbonyl (C=O) groups is 1. The van der Waals surface area contributed by atoms with Gasteiger partial charge >= 0.3 is 0 Å². The van der Waals surface area contributed by atoms with Gasteiger partial charge in [0.05, 0.1) is 6.61 Å². The number of anilines is 1. The van der Waals surface area contributed by atoms with E-state index in [4.69, 9.17) is 4.74 Å². The molecule has 0 aromatic heterocycles. The van der Waals surface area contributed by atoms with E-state index in [1.807, 2.05) is 17.0 Å². The van der Waals surface area contributed by atoms with Crippen molar-refractivity contribution in [3.05, 3.63) is 23.8 Å². The maximum absolute atomic E-state index is 12.4. The third-order valence-electron chi connectivity index (χ3n) is 4.58. The van der Waals surface area contributed by atoms with Crippen LogP contribution in [-0.2, 0) is 11.2 Å². The molecular weight excluding hydrogens is 276 g/mol. The van der Waals surface area contributed by atoms with Gasteiger partial charge in [-0.1, -0.05) is 18.9 Å². The Labute approximate surface area is 132 Å². The van der Waals surface area contributed by atoms with Gasteiger partial charge in [0.2, 0.25) is 5.91 Å². The van der Waals surface area contributed by atoms with Crippen LogP contribution in [0.1, 0.15) is 44.6 Å². The fraction of sp³-hybridized carbons (Fsp3) is 0.611. The van der Waals surface area contributed by atoms with Crippen molar-refractivity contribution in [1.29, 1.82) is 0 Å². The molecule has 1 N–H and O–H groups in total. The highest BCUT2D eigenvalue weighted by Gasteiger charge is 2.20. The quantitative estimate of drug-likeness (QED) is 0.928. The minimum absolute atomic E-state index is 0.142. The van der Waals surface area contributed by atoms with Crippen molar-refractivity contribution in [2.24, 2.45) is 0 Å². The van der Waals surface area contributed by atoms with Gasteiger partial charge in [-0.3, -0.25) is 4.79 Å². The summed E-state index contributed by atoms with van der Waals surface area (Å²) in [6.45, 7) is 4.71. The molecule has 3 rings (SSSR count). The van der Waals surface area contributed by atoms with Gasteiger partial charge in [0.1, 0.15) is 5.75 Å². The summed E-state index contributed by atoms with van der Waals surface area (Å²) in [6.07, 6.45) is 6.32. The number of nitrogens with one attached hydrogen (secondary N) is 1. The monoisotopic (exact) mass is 302 g/mol. The number of hydrogen-bond donors (Lipinski definition) is 1. The number of nitrogens with zero attached hydrogens (tertiary/aromatic N) is 1. The van der Waals surface area contributed by atoms with E-state index in [0.29, 0.717) is 6.42 Å². The van der Waals surface area contributed by atoms with Gasteiger partial charge in [-0.15, -0.1) is 0 Å². The molecule has 1 fully saturated rings. The van der Waals surface area contributed by atoms with Crippen molar-refractivity contribution in [3.63, 3.8) is 0 Å². The van der Waals surface area contributed by atoms with Crippen LogP contribution in [-0.4, -0.2) is 36.5 Å². The standard InChI is InChI=1S/C18H26N2O2/c1-14(13-18(21)20-10-4-2-3-5-11-20)19-16-7-6-8-17-15(16)9-12-22-17/h6-8,14,19H,2-5,9-13H2,1H3/t14-/m0/s1. The third-order valence-corrected chi connectivity index (χ3v) is 4.58. The number of fused-ring (bicyclic) bond motifs is 1. The zero-order valence-electron chi connectivity index (χ0n) is 13.4. The number of hydrogen-bond acceptors (Lipinski definition) is 3. The minimum Gasteiger partial charge on any atom is -0.493 e. The topological polar surface area (TPSA) is 41.6 Å². The number of amides is 1. The lowest BCUT2D eigenvalue weighted by atomic mass is 10.1. The molecule has 1 aromatic carbocycles. The van der Waals surface area contributed by atoms with Crippen LogP contribution in [0.15, 0.2) is 18.2 Å². The molecule has 0 bridgehead atoms. The number of likely N-dealkylation sites (tertiary alicyclic amines) is 1. The molecule has 2 aliphatic heterocycles. The zero-order valence-corrected chi connectivity index (χ0v) is 13.4. The van der Waals surface area contributed by atoms with E-state index >= 15 is 0 Å². The highest BCUT2D eigenvalue weighted by molar-refractivity contribution is 5.77. The molecule has 0 unspecified atom stereocenters. The van der Waals surface area contributed by atoms with E-state index < -0.39 is 0 Å². The van der Waals surface area contributed by atoms with E-state index in [1.165, 1.54) is 18.4 Å². The molecule has 0 saturated carbocycles. The average Bonchev–Trinajstić information content (AvgIpc) is 2.81. The first-order valence-electron chi connectivity index (χ1n) is 8.53. The molecule has 1 atom stereocenters. The average molecular weight is 302 g/mol. The normalized spacial score (nSPS) is 19.0. The molecule has 1 amide bonds. The predicted octanol–water partition coefficient (Wildman–Crippen LogP) is 3.21. The zero-order chi connectivity index (χ0) is 15.4. The van der Waals surface area contributed by atoms with E-state index in [1.54, 1.807) is 0 Å². The molecule has 0 radical (unpaired) electrons. The van der Waals surface area contributed by atoms with Gasteiger partial charge in [-0.05, 0) is 31.9 Å². The summed E-state index contributed by atoms with van der Waals surface area (Å²) in [4.78, 5) is 14.5. The second-order valence-electron chi connectivity index (χ2n) is 6.43. The number of benzene rings is 1. The van der Waals surface area contributed by atoms with E-state index in [9.17, 15) is 4.79 Å². The Kier molecular flexibility index (Phi) is 4.86.